The number of nitrogens with zero attached hydrogens (tertiary/aromatic N) is 2. The number of fused-ring (bicyclic) bond motifs is 1. The number of aryl methyl sites for hydroxylation is 1. The van der Waals surface area contributed by atoms with E-state index in [0.29, 0.717) is 24.9 Å². The van der Waals surface area contributed by atoms with E-state index in [4.69, 9.17) is 10.5 Å². The minimum atomic E-state index is -1.11. The summed E-state index contributed by atoms with van der Waals surface area (Å²) in [6, 6.07) is 0. The number of aromatic nitrogens is 1. The van der Waals surface area contributed by atoms with Crippen molar-refractivity contribution in [1.29, 1.82) is 0 Å². The summed E-state index contributed by atoms with van der Waals surface area (Å²) in [5.74, 6) is 0.202. The molecule has 1 aliphatic heterocycles. The molecule has 2 atom stereocenters. The van der Waals surface area contributed by atoms with Gasteiger partial charge in [-0.3, -0.25) is 15.1 Å². The van der Waals surface area contributed by atoms with Crippen LogP contribution in [-0.4, -0.2) is 29.1 Å². The first-order valence-corrected chi connectivity index (χ1v) is 7.78. The lowest BCUT2D eigenvalue weighted by molar-refractivity contribution is -0.387. The highest BCUT2D eigenvalue weighted by Gasteiger charge is 2.47. The van der Waals surface area contributed by atoms with Gasteiger partial charge in [-0.2, -0.15) is 0 Å². The Hall–Kier alpha value is -2.22. The third kappa shape index (κ3) is 2.74. The van der Waals surface area contributed by atoms with E-state index in [1.54, 1.807) is 0 Å². The van der Waals surface area contributed by atoms with Crippen LogP contribution < -0.4 is 11.1 Å². The van der Waals surface area contributed by atoms with Gasteiger partial charge in [0.2, 0.25) is 0 Å². The number of nitrogens with one attached hydrogen (secondary N) is 1. The third-order valence-electron chi connectivity index (χ3n) is 4.62. The minimum absolute atomic E-state index is 0.0946. The van der Waals surface area contributed by atoms with Crippen molar-refractivity contribution in [2.75, 3.05) is 13.1 Å². The molecule has 8 heteroatoms. The topological polar surface area (TPSA) is 120 Å². The molecule has 1 aliphatic carbocycles. The number of primary amides is 1. The van der Waals surface area contributed by atoms with Crippen LogP contribution in [0.2, 0.25) is 0 Å². The number of carbonyl (C=O) groups is 1. The molecule has 1 aromatic rings. The van der Waals surface area contributed by atoms with Crippen molar-refractivity contribution in [3.8, 4) is 0 Å². The molecule has 0 saturated carbocycles. The quantitative estimate of drug-likeness (QED) is 0.641. The minimum Gasteiger partial charge on any atom is -0.437 e. The van der Waals surface area contributed by atoms with Gasteiger partial charge in [0.05, 0.1) is 10.5 Å². The number of pyridine rings is 1. The monoisotopic (exact) mass is 320 g/mol. The lowest BCUT2D eigenvalue weighted by atomic mass is 9.79. The van der Waals surface area contributed by atoms with Crippen molar-refractivity contribution in [3.05, 3.63) is 33.1 Å². The standard InChI is InChI=1S/C15H20N4O4/c1-9-5-15(8-17-6-9,23-14(16)20)13-10-3-2-4-11(10)18-7-12(13)19(21)22/h7,9,17H,2-6,8H2,1H3,(H2,16,20)/t9-,15-/m1/s1. The van der Waals surface area contributed by atoms with E-state index >= 15 is 0 Å². The Labute approximate surface area is 133 Å². The fourth-order valence-corrected chi connectivity index (χ4v) is 3.88. The molecule has 2 heterocycles. The fraction of sp³-hybridized carbons (Fsp3) is 0.600. The number of rotatable bonds is 3. The third-order valence-corrected chi connectivity index (χ3v) is 4.62. The highest BCUT2D eigenvalue weighted by Crippen LogP contribution is 2.44. The van der Waals surface area contributed by atoms with Gasteiger partial charge < -0.3 is 15.8 Å². The van der Waals surface area contributed by atoms with Gasteiger partial charge in [0.25, 0.3) is 5.69 Å². The van der Waals surface area contributed by atoms with Crippen LogP contribution in [-0.2, 0) is 23.2 Å². The zero-order chi connectivity index (χ0) is 16.6. The lowest BCUT2D eigenvalue weighted by Gasteiger charge is -2.40. The summed E-state index contributed by atoms with van der Waals surface area (Å²) in [4.78, 5) is 26.8. The van der Waals surface area contributed by atoms with Crippen LogP contribution in [0.15, 0.2) is 6.20 Å². The molecule has 0 radical (unpaired) electrons. The van der Waals surface area contributed by atoms with Crippen LogP contribution in [0.25, 0.3) is 0 Å². The number of nitrogens with two attached hydrogens (primary N) is 1. The SMILES string of the molecule is C[C@H]1CNC[C@@](OC(N)=O)(c2c([N+](=O)[O-])cnc3c2CCC3)C1. The highest BCUT2D eigenvalue weighted by molar-refractivity contribution is 5.66. The molecular formula is C15H20N4O4. The smallest absolute Gasteiger partial charge is 0.405 e. The Morgan fingerprint density at radius 1 is 1.57 bits per heavy atom. The maximum Gasteiger partial charge on any atom is 0.405 e. The van der Waals surface area contributed by atoms with Crippen LogP contribution in [0.4, 0.5) is 10.5 Å². The molecule has 23 heavy (non-hydrogen) atoms. The molecule has 8 nitrogen and oxygen atoms in total. The summed E-state index contributed by atoms with van der Waals surface area (Å²) in [7, 11) is 0. The summed E-state index contributed by atoms with van der Waals surface area (Å²) in [6.45, 7) is 3.10. The van der Waals surface area contributed by atoms with Crippen molar-refractivity contribution in [1.82, 2.24) is 10.3 Å². The summed E-state index contributed by atoms with van der Waals surface area (Å²) >= 11 is 0. The first-order valence-electron chi connectivity index (χ1n) is 7.78. The number of ether oxygens (including phenoxy) is 1. The van der Waals surface area contributed by atoms with Crippen molar-refractivity contribution in [2.45, 2.75) is 38.2 Å². The first kappa shape index (κ1) is 15.7. The Morgan fingerprint density at radius 3 is 3.00 bits per heavy atom. The summed E-state index contributed by atoms with van der Waals surface area (Å²) in [5.41, 5.74) is 6.26. The maximum atomic E-state index is 11.5. The normalized spacial score (nSPS) is 26.6. The van der Waals surface area contributed by atoms with Gasteiger partial charge in [0, 0.05) is 12.2 Å². The van der Waals surface area contributed by atoms with Crippen LogP contribution in [0.5, 0.6) is 0 Å². The zero-order valence-corrected chi connectivity index (χ0v) is 13.0. The van der Waals surface area contributed by atoms with Gasteiger partial charge in [-0.25, -0.2) is 4.79 Å². The second-order valence-corrected chi connectivity index (χ2v) is 6.41. The summed E-state index contributed by atoms with van der Waals surface area (Å²) < 4.78 is 5.50. The zero-order valence-electron chi connectivity index (χ0n) is 13.0. The average Bonchev–Trinajstić information content (AvgIpc) is 2.93. The fourth-order valence-electron chi connectivity index (χ4n) is 3.88. The van der Waals surface area contributed by atoms with E-state index in [0.717, 1.165) is 30.6 Å². The molecule has 0 bridgehead atoms. The second kappa shape index (κ2) is 5.77. The molecule has 3 rings (SSSR count). The molecule has 3 N–H and O–H groups in total. The predicted octanol–water partition coefficient (Wildman–Crippen LogP) is 1.40. The highest BCUT2D eigenvalue weighted by atomic mass is 16.6. The van der Waals surface area contributed by atoms with Gasteiger partial charge in [-0.15, -0.1) is 0 Å². The average molecular weight is 320 g/mol. The molecule has 1 fully saturated rings. The number of hydrogen-bond donors (Lipinski definition) is 2. The largest absolute Gasteiger partial charge is 0.437 e. The Balaban J connectivity index is 2.21. The lowest BCUT2D eigenvalue weighted by Crippen LogP contribution is -2.51. The molecular weight excluding hydrogens is 300 g/mol. The van der Waals surface area contributed by atoms with Crippen LogP contribution in [0.3, 0.4) is 0 Å². The van der Waals surface area contributed by atoms with Gasteiger partial charge in [-0.05, 0) is 43.7 Å². The Morgan fingerprint density at radius 2 is 2.35 bits per heavy atom. The summed E-state index contributed by atoms with van der Waals surface area (Å²) in [6.07, 6.45) is 3.25. The molecule has 2 aliphatic rings. The number of carbonyl (C=O) groups excluding carboxylic acids is 1. The van der Waals surface area contributed by atoms with E-state index in [2.05, 4.69) is 10.3 Å². The van der Waals surface area contributed by atoms with Crippen LogP contribution in [0.1, 0.15) is 36.6 Å². The molecule has 0 unspecified atom stereocenters. The van der Waals surface area contributed by atoms with E-state index in [1.807, 2.05) is 6.92 Å². The van der Waals surface area contributed by atoms with Crippen molar-refractivity contribution < 1.29 is 14.5 Å². The van der Waals surface area contributed by atoms with E-state index in [-0.39, 0.29) is 11.6 Å². The molecule has 124 valence electrons. The molecule has 0 spiro atoms. The summed E-state index contributed by atoms with van der Waals surface area (Å²) in [5, 5.41) is 14.8. The Kier molecular flexibility index (Phi) is 3.93. The van der Waals surface area contributed by atoms with Gasteiger partial charge >= 0.3 is 6.09 Å². The number of hydrogen-bond acceptors (Lipinski definition) is 6. The van der Waals surface area contributed by atoms with Gasteiger partial charge in [-0.1, -0.05) is 6.92 Å². The molecule has 1 amide bonds. The van der Waals surface area contributed by atoms with Gasteiger partial charge in [0.15, 0.2) is 5.60 Å². The second-order valence-electron chi connectivity index (χ2n) is 6.41. The molecule has 0 aromatic carbocycles. The van der Waals surface area contributed by atoms with Gasteiger partial charge in [0.1, 0.15) is 6.20 Å². The number of amides is 1. The Bertz CT molecular complexity index is 663. The maximum absolute atomic E-state index is 11.5. The van der Waals surface area contributed by atoms with E-state index in [1.165, 1.54) is 6.20 Å². The van der Waals surface area contributed by atoms with Crippen molar-refractivity contribution in [3.63, 3.8) is 0 Å². The molecule has 1 aromatic heterocycles. The van der Waals surface area contributed by atoms with Crippen LogP contribution >= 0.6 is 0 Å². The number of piperidine rings is 1. The first-order chi connectivity index (χ1) is 10.9. The van der Waals surface area contributed by atoms with Crippen molar-refractivity contribution >= 4 is 11.8 Å². The predicted molar refractivity (Wildman–Crippen MR) is 81.9 cm³/mol. The molecule has 1 saturated heterocycles. The van der Waals surface area contributed by atoms with Crippen molar-refractivity contribution in [2.24, 2.45) is 11.7 Å². The van der Waals surface area contributed by atoms with E-state index < -0.39 is 16.6 Å². The number of nitro groups is 1. The van der Waals surface area contributed by atoms with Crippen LogP contribution in [0, 0.1) is 16.0 Å². The van der Waals surface area contributed by atoms with E-state index in [9.17, 15) is 14.9 Å².